The van der Waals surface area contributed by atoms with Crippen LogP contribution in [-0.2, 0) is 0 Å². The molecule has 3 aromatic rings. The van der Waals surface area contributed by atoms with Crippen LogP contribution in [0.15, 0.2) is 36.4 Å². The third-order valence-electron chi connectivity index (χ3n) is 2.65. The molecule has 0 aliphatic carbocycles. The van der Waals surface area contributed by atoms with Gasteiger partial charge in [0.1, 0.15) is 4.88 Å². The van der Waals surface area contributed by atoms with Gasteiger partial charge < -0.3 is 5.11 Å². The molecule has 0 aliphatic heterocycles. The molecule has 3 rings (SSSR count). The summed E-state index contributed by atoms with van der Waals surface area (Å²) in [6, 6.07) is 11.2. The quantitative estimate of drug-likeness (QED) is 0.708. The fourth-order valence-electron chi connectivity index (χ4n) is 1.74. The molecule has 0 saturated carbocycles. The molecule has 0 radical (unpaired) electrons. The van der Waals surface area contributed by atoms with E-state index in [1.165, 1.54) is 22.7 Å². The Morgan fingerprint density at radius 3 is 1.95 bits per heavy atom. The average Bonchev–Trinajstić information content (AvgIpc) is 3.17. The van der Waals surface area contributed by atoms with Crippen molar-refractivity contribution in [3.05, 3.63) is 46.2 Å². The van der Waals surface area contributed by atoms with Crippen molar-refractivity contribution in [2.24, 2.45) is 0 Å². The molecule has 0 amide bonds. The molecule has 0 aliphatic rings. The number of carboxylic acid groups (broad SMARTS) is 1. The van der Waals surface area contributed by atoms with E-state index >= 15 is 0 Å². The largest absolute Gasteiger partial charge is 0.477 e. The van der Waals surface area contributed by atoms with Gasteiger partial charge in [0.05, 0.1) is 4.88 Å². The van der Waals surface area contributed by atoms with Gasteiger partial charge in [-0.05, 0) is 36.4 Å². The second-order valence-corrected chi connectivity index (χ2v) is 7.24. The van der Waals surface area contributed by atoms with E-state index in [0.29, 0.717) is 9.75 Å². The van der Waals surface area contributed by atoms with E-state index in [0.717, 1.165) is 25.8 Å². The number of hydrogen-bond donors (Lipinski definition) is 1. The van der Waals surface area contributed by atoms with Gasteiger partial charge in [-0.15, -0.1) is 34.0 Å². The van der Waals surface area contributed by atoms with Crippen molar-refractivity contribution in [3.8, 4) is 19.5 Å². The van der Waals surface area contributed by atoms with Crippen molar-refractivity contribution < 1.29 is 14.7 Å². The van der Waals surface area contributed by atoms with Crippen molar-refractivity contribution in [3.63, 3.8) is 0 Å². The third-order valence-corrected chi connectivity index (χ3v) is 6.21. The van der Waals surface area contributed by atoms with Gasteiger partial charge in [0.15, 0.2) is 6.29 Å². The molecule has 100 valence electrons. The highest BCUT2D eigenvalue weighted by atomic mass is 32.1. The second-order valence-electron chi connectivity index (χ2n) is 3.95. The molecule has 3 aromatic heterocycles. The molecule has 3 heterocycles. The van der Waals surface area contributed by atoms with Gasteiger partial charge in [-0.1, -0.05) is 0 Å². The van der Waals surface area contributed by atoms with E-state index < -0.39 is 5.97 Å². The summed E-state index contributed by atoms with van der Waals surface area (Å²) < 4.78 is 0. The van der Waals surface area contributed by atoms with E-state index in [-0.39, 0.29) is 0 Å². The van der Waals surface area contributed by atoms with Crippen LogP contribution in [0.1, 0.15) is 19.3 Å². The van der Waals surface area contributed by atoms with Crippen LogP contribution >= 0.6 is 34.0 Å². The summed E-state index contributed by atoms with van der Waals surface area (Å²) in [5.74, 6) is -0.896. The van der Waals surface area contributed by atoms with Crippen LogP contribution in [0, 0.1) is 0 Å². The molecule has 0 bridgehead atoms. The average molecular weight is 320 g/mol. The number of carbonyl (C=O) groups is 2. The Labute approximate surface area is 126 Å². The summed E-state index contributed by atoms with van der Waals surface area (Å²) in [4.78, 5) is 26.8. The highest BCUT2D eigenvalue weighted by molar-refractivity contribution is 7.27. The molecule has 0 aromatic carbocycles. The minimum atomic E-state index is -0.896. The molecule has 0 spiro atoms. The molecule has 3 nitrogen and oxygen atoms in total. The summed E-state index contributed by atoms with van der Waals surface area (Å²) in [5, 5.41) is 8.94. The van der Waals surface area contributed by atoms with Gasteiger partial charge in [0.2, 0.25) is 0 Å². The first-order valence-electron chi connectivity index (χ1n) is 5.66. The highest BCUT2D eigenvalue weighted by Gasteiger charge is 2.11. The summed E-state index contributed by atoms with van der Waals surface area (Å²) in [5.41, 5.74) is 0. The van der Waals surface area contributed by atoms with E-state index in [9.17, 15) is 9.59 Å². The van der Waals surface area contributed by atoms with E-state index in [1.54, 1.807) is 23.5 Å². The minimum absolute atomic E-state index is 0.342. The smallest absolute Gasteiger partial charge is 0.345 e. The molecule has 0 fully saturated rings. The Balaban J connectivity index is 1.92. The SMILES string of the molecule is O=Cc1ccc(-c2ccc(-c3ccc(C(=O)O)s3)s2)s1. The number of carbonyl (C=O) groups excluding carboxylic acids is 1. The van der Waals surface area contributed by atoms with Gasteiger partial charge in [0.25, 0.3) is 0 Å². The van der Waals surface area contributed by atoms with E-state index in [2.05, 4.69) is 0 Å². The van der Waals surface area contributed by atoms with Crippen molar-refractivity contribution in [1.82, 2.24) is 0 Å². The highest BCUT2D eigenvalue weighted by Crippen LogP contribution is 2.39. The molecule has 0 saturated heterocycles. The van der Waals surface area contributed by atoms with Crippen LogP contribution in [0.25, 0.3) is 19.5 Å². The summed E-state index contributed by atoms with van der Waals surface area (Å²) in [6.07, 6.45) is 0.848. The van der Waals surface area contributed by atoms with Crippen LogP contribution in [0.3, 0.4) is 0 Å². The van der Waals surface area contributed by atoms with Gasteiger partial charge in [0, 0.05) is 19.5 Å². The standard InChI is InChI=1S/C14H8O3S3/c15-7-8-1-2-9(18-8)10-3-4-11(19-10)12-5-6-13(20-12)14(16)17/h1-7H,(H,16,17). The maximum Gasteiger partial charge on any atom is 0.345 e. The zero-order valence-corrected chi connectivity index (χ0v) is 12.5. The van der Waals surface area contributed by atoms with Gasteiger partial charge in [-0.2, -0.15) is 0 Å². The Morgan fingerprint density at radius 1 is 0.850 bits per heavy atom. The van der Waals surface area contributed by atoms with Gasteiger partial charge in [-0.3, -0.25) is 4.79 Å². The van der Waals surface area contributed by atoms with Gasteiger partial charge in [-0.25, -0.2) is 4.79 Å². The monoisotopic (exact) mass is 320 g/mol. The molecule has 6 heteroatoms. The van der Waals surface area contributed by atoms with Gasteiger partial charge >= 0.3 is 5.97 Å². The lowest BCUT2D eigenvalue weighted by Crippen LogP contribution is -1.89. The van der Waals surface area contributed by atoms with Crippen LogP contribution in [-0.4, -0.2) is 17.4 Å². The molecule has 1 N–H and O–H groups in total. The van der Waals surface area contributed by atoms with Crippen LogP contribution in [0.4, 0.5) is 0 Å². The third kappa shape index (κ3) is 2.45. The van der Waals surface area contributed by atoms with E-state index in [4.69, 9.17) is 5.11 Å². The second kappa shape index (κ2) is 5.32. The molecular formula is C14H8O3S3. The lowest BCUT2D eigenvalue weighted by molar-refractivity contribution is 0.0702. The zero-order chi connectivity index (χ0) is 14.1. The molecule has 0 atom stereocenters. The summed E-state index contributed by atoms with van der Waals surface area (Å²) in [6.45, 7) is 0. The Bertz CT molecular complexity index is 779. The number of rotatable bonds is 4. The Kier molecular flexibility index (Phi) is 3.52. The first kappa shape index (κ1) is 13.2. The zero-order valence-electron chi connectivity index (χ0n) is 10.0. The first-order valence-corrected chi connectivity index (χ1v) is 8.11. The Morgan fingerprint density at radius 2 is 1.40 bits per heavy atom. The maximum atomic E-state index is 10.9. The number of carboxylic acids is 1. The number of thiophene rings is 3. The van der Waals surface area contributed by atoms with Crippen LogP contribution in [0.5, 0.6) is 0 Å². The summed E-state index contributed by atoms with van der Waals surface area (Å²) >= 11 is 4.33. The first-order chi connectivity index (χ1) is 9.67. The Hall–Kier alpha value is -1.76. The lowest BCUT2D eigenvalue weighted by Gasteiger charge is -1.90. The van der Waals surface area contributed by atoms with Crippen molar-refractivity contribution in [1.29, 1.82) is 0 Å². The predicted octanol–water partition coefficient (Wildman–Crippen LogP) is 4.72. The van der Waals surface area contributed by atoms with Crippen molar-refractivity contribution in [2.45, 2.75) is 0 Å². The van der Waals surface area contributed by atoms with Crippen LogP contribution < -0.4 is 0 Å². The molecular weight excluding hydrogens is 312 g/mol. The van der Waals surface area contributed by atoms with Crippen molar-refractivity contribution in [2.75, 3.05) is 0 Å². The number of hydrogen-bond acceptors (Lipinski definition) is 5. The fourth-order valence-corrected chi connectivity index (χ4v) is 4.59. The normalized spacial score (nSPS) is 10.6. The lowest BCUT2D eigenvalue weighted by atomic mass is 10.3. The number of aldehydes is 1. The molecule has 0 unspecified atom stereocenters. The summed E-state index contributed by atoms with van der Waals surface area (Å²) in [7, 11) is 0. The number of aromatic carboxylic acids is 1. The molecule has 20 heavy (non-hydrogen) atoms. The topological polar surface area (TPSA) is 54.4 Å². The maximum absolute atomic E-state index is 10.9. The predicted molar refractivity (Wildman–Crippen MR) is 83.3 cm³/mol. The fraction of sp³-hybridized carbons (Fsp3) is 0. The van der Waals surface area contributed by atoms with Crippen LogP contribution in [0.2, 0.25) is 0 Å². The minimum Gasteiger partial charge on any atom is -0.477 e. The van der Waals surface area contributed by atoms with E-state index in [1.807, 2.05) is 24.3 Å². The van der Waals surface area contributed by atoms with Crippen molar-refractivity contribution >= 4 is 46.3 Å².